The van der Waals surface area contributed by atoms with Crippen LogP contribution in [0, 0.1) is 11.2 Å². The molecule has 6 atom stereocenters. The molecule has 5 amide bonds. The molecule has 0 aliphatic carbocycles. The number of primary amides is 1. The first-order valence-electron chi connectivity index (χ1n) is 22.5. The molecule has 19 heteroatoms. The van der Waals surface area contributed by atoms with Crippen molar-refractivity contribution in [3.63, 3.8) is 0 Å². The van der Waals surface area contributed by atoms with E-state index in [2.05, 4.69) is 20.5 Å². The maximum absolute atomic E-state index is 16.5. The molecule has 5 aliphatic rings. The molecule has 6 heterocycles. The molecule has 358 valence electrons. The van der Waals surface area contributed by atoms with Gasteiger partial charge in [-0.05, 0) is 84.8 Å². The number of alkyl halides is 3. The van der Waals surface area contributed by atoms with E-state index in [1.54, 1.807) is 40.1 Å². The average Bonchev–Trinajstić information content (AvgIpc) is 3.92. The van der Waals surface area contributed by atoms with E-state index in [-0.39, 0.29) is 71.7 Å². The Kier molecular flexibility index (Phi) is 11.6. The number of carbonyl (C=O) groups is 5. The van der Waals surface area contributed by atoms with Crippen LogP contribution < -0.4 is 30.9 Å². The normalized spacial score (nSPS) is 24.9. The van der Waals surface area contributed by atoms with Crippen molar-refractivity contribution >= 4 is 58.2 Å². The number of amides is 5. The smallest absolute Gasteiger partial charge is 0.433 e. The number of nitrogens with one attached hydrogen (secondary N) is 2. The molecule has 1 aromatic heterocycles. The number of nitrogens with two attached hydrogens (primary N) is 1. The minimum Gasteiger partial charge on any atom is -0.495 e. The second-order valence-corrected chi connectivity index (χ2v) is 20.0. The average molecular weight is 959 g/mol. The summed E-state index contributed by atoms with van der Waals surface area (Å²) >= 11 is 6.40. The summed E-state index contributed by atoms with van der Waals surface area (Å²) in [6, 6.07) is 12.8. The van der Waals surface area contributed by atoms with Gasteiger partial charge >= 0.3 is 6.18 Å². The highest BCUT2D eigenvalue weighted by Gasteiger charge is 2.66. The largest absolute Gasteiger partial charge is 0.495 e. The lowest BCUT2D eigenvalue weighted by molar-refractivity contribution is -0.141. The topological polar surface area (TPSA) is 171 Å². The van der Waals surface area contributed by atoms with Crippen LogP contribution in [0.3, 0.4) is 0 Å². The standard InChI is InChI=1S/C49H51ClF4N8O6/c1-25-22-59(28-10-11-29-27(17-28)23-61(46(29)67)35-13-14-39(63)58-44(35)65)15-16-60(25)45(66)26-9-12-34(36(18-26)68-5)62-38(20-47(2,3)4)48(24-57-33-19-37(49(52,53)54)56-21-31(33)48)40(42(62)43(55)64)30-7-6-8-32(50)41(30)51/h6-12,17-19,21,25,35,38,40,42,57H,13-16,20,22-24H2,1-5H3,(H2,55,64)(H,58,63,65)/t25-,35?,38-,40-,42+,48-/m0/s1. The zero-order chi connectivity index (χ0) is 48.8. The number of rotatable bonds is 8. The number of halogens is 5. The molecule has 3 saturated heterocycles. The minimum atomic E-state index is -4.75. The van der Waals surface area contributed by atoms with Crippen LogP contribution in [0.25, 0.3) is 0 Å². The highest BCUT2D eigenvalue weighted by Crippen LogP contribution is 2.61. The number of benzene rings is 3. The second-order valence-electron chi connectivity index (χ2n) is 19.6. The van der Waals surface area contributed by atoms with Gasteiger partial charge in [0.1, 0.15) is 29.3 Å². The highest BCUT2D eigenvalue weighted by atomic mass is 35.5. The maximum Gasteiger partial charge on any atom is 0.433 e. The Bertz CT molecular complexity index is 2770. The van der Waals surface area contributed by atoms with Crippen LogP contribution in [-0.4, -0.2) is 102 Å². The molecular formula is C49H51ClF4N8O6. The van der Waals surface area contributed by atoms with Crippen molar-refractivity contribution in [2.24, 2.45) is 11.1 Å². The molecule has 3 aromatic carbocycles. The van der Waals surface area contributed by atoms with Crippen molar-refractivity contribution in [3.05, 3.63) is 111 Å². The van der Waals surface area contributed by atoms with Gasteiger partial charge in [-0.25, -0.2) is 4.39 Å². The first-order chi connectivity index (χ1) is 32.1. The van der Waals surface area contributed by atoms with E-state index < -0.39 is 64.4 Å². The van der Waals surface area contributed by atoms with Crippen molar-refractivity contribution in [2.75, 3.05) is 48.4 Å². The van der Waals surface area contributed by atoms with Gasteiger partial charge in [-0.1, -0.05) is 44.5 Å². The van der Waals surface area contributed by atoms with Crippen LogP contribution in [-0.2, 0) is 32.5 Å². The summed E-state index contributed by atoms with van der Waals surface area (Å²) < 4.78 is 64.7. The van der Waals surface area contributed by atoms with Crippen LogP contribution in [0.4, 0.5) is 34.6 Å². The van der Waals surface area contributed by atoms with Gasteiger partial charge in [-0.15, -0.1) is 0 Å². The van der Waals surface area contributed by atoms with E-state index in [0.29, 0.717) is 48.4 Å². The molecule has 0 bridgehead atoms. The molecule has 5 aliphatic heterocycles. The molecule has 4 aromatic rings. The number of hydrogen-bond acceptors (Lipinski definition) is 10. The van der Waals surface area contributed by atoms with E-state index in [9.17, 15) is 37.1 Å². The van der Waals surface area contributed by atoms with Gasteiger partial charge in [0.05, 0.1) is 17.8 Å². The molecule has 4 N–H and O–H groups in total. The van der Waals surface area contributed by atoms with Gasteiger partial charge in [0.15, 0.2) is 0 Å². The first-order valence-corrected chi connectivity index (χ1v) is 22.9. The van der Waals surface area contributed by atoms with Gasteiger partial charge in [0.2, 0.25) is 17.7 Å². The van der Waals surface area contributed by atoms with Gasteiger partial charge < -0.3 is 35.4 Å². The van der Waals surface area contributed by atoms with E-state index in [1.807, 2.05) is 39.8 Å². The number of ether oxygens (including phenoxy) is 1. The Morgan fingerprint density at radius 2 is 1.79 bits per heavy atom. The Hall–Kier alpha value is -6.43. The number of pyridine rings is 1. The zero-order valence-electron chi connectivity index (χ0n) is 38.0. The quantitative estimate of drug-likeness (QED) is 0.129. The summed E-state index contributed by atoms with van der Waals surface area (Å²) in [4.78, 5) is 77.3. The summed E-state index contributed by atoms with van der Waals surface area (Å²) in [7, 11) is 1.43. The van der Waals surface area contributed by atoms with Gasteiger partial charge in [0, 0.05) is 96.8 Å². The number of aromatic nitrogens is 1. The fourth-order valence-corrected chi connectivity index (χ4v) is 11.4. The van der Waals surface area contributed by atoms with E-state index in [1.165, 1.54) is 24.1 Å². The number of piperazine rings is 1. The van der Waals surface area contributed by atoms with Crippen molar-refractivity contribution < 1.29 is 46.3 Å². The lowest BCUT2D eigenvalue weighted by Gasteiger charge is -2.42. The number of methoxy groups -OCH3 is 1. The van der Waals surface area contributed by atoms with E-state index in [0.717, 1.165) is 23.5 Å². The Balaban J connectivity index is 1.03. The fourth-order valence-electron chi connectivity index (χ4n) is 11.3. The lowest BCUT2D eigenvalue weighted by Crippen LogP contribution is -2.54. The summed E-state index contributed by atoms with van der Waals surface area (Å²) in [6.45, 7) is 9.41. The highest BCUT2D eigenvalue weighted by molar-refractivity contribution is 6.30. The lowest BCUT2D eigenvalue weighted by atomic mass is 9.63. The Morgan fingerprint density at radius 1 is 1.03 bits per heavy atom. The molecule has 9 rings (SSSR count). The maximum atomic E-state index is 16.5. The molecular weight excluding hydrogens is 908 g/mol. The monoisotopic (exact) mass is 958 g/mol. The SMILES string of the molecule is COc1cc(C(=O)N2CCN(c3ccc4c(c3)CN(C3CCC(=O)NC3=O)C4=O)C[C@@H]2C)ccc1N1[C@@H](CC(C)(C)C)[C@@]2(CNc3cc(C(F)(F)F)ncc32)[C@@H](c2cccc(Cl)c2F)[C@@H]1C(N)=O. The third-order valence-electron chi connectivity index (χ3n) is 14.2. The molecule has 0 saturated carbocycles. The number of fused-ring (bicyclic) bond motifs is 3. The molecule has 3 fully saturated rings. The van der Waals surface area contributed by atoms with Crippen molar-refractivity contribution in [1.82, 2.24) is 20.1 Å². The summed E-state index contributed by atoms with van der Waals surface area (Å²) in [5.41, 5.74) is 6.82. The number of piperidine rings is 1. The number of anilines is 3. The minimum absolute atomic E-state index is 0.00386. The molecule has 14 nitrogen and oxygen atoms in total. The predicted octanol–water partition coefficient (Wildman–Crippen LogP) is 6.64. The Morgan fingerprint density at radius 3 is 2.47 bits per heavy atom. The third-order valence-corrected chi connectivity index (χ3v) is 14.5. The number of imide groups is 1. The van der Waals surface area contributed by atoms with Crippen LogP contribution in [0.2, 0.25) is 5.02 Å². The number of nitrogens with zero attached hydrogens (tertiary/aromatic N) is 5. The summed E-state index contributed by atoms with van der Waals surface area (Å²) in [5, 5.41) is 5.28. The van der Waals surface area contributed by atoms with Crippen LogP contribution in [0.1, 0.15) is 96.0 Å². The number of hydrogen-bond donors (Lipinski definition) is 3. The van der Waals surface area contributed by atoms with Crippen LogP contribution in [0.5, 0.6) is 5.75 Å². The Labute approximate surface area is 395 Å². The fraction of sp³-hybridized carbons (Fsp3) is 0.429. The van der Waals surface area contributed by atoms with Crippen molar-refractivity contribution in [3.8, 4) is 5.75 Å². The molecule has 68 heavy (non-hydrogen) atoms. The van der Waals surface area contributed by atoms with Crippen molar-refractivity contribution in [1.29, 1.82) is 0 Å². The van der Waals surface area contributed by atoms with Gasteiger partial charge in [-0.2, -0.15) is 13.2 Å². The predicted molar refractivity (Wildman–Crippen MR) is 245 cm³/mol. The molecule has 1 unspecified atom stereocenters. The molecule has 1 spiro atoms. The second kappa shape index (κ2) is 17.0. The summed E-state index contributed by atoms with van der Waals surface area (Å²) in [5.74, 6) is -3.88. The first kappa shape index (κ1) is 46.7. The molecule has 0 radical (unpaired) electrons. The van der Waals surface area contributed by atoms with Gasteiger partial charge in [0.25, 0.3) is 11.8 Å². The third kappa shape index (κ3) is 7.83. The zero-order valence-corrected chi connectivity index (χ0v) is 38.8. The number of carbonyl (C=O) groups excluding carboxylic acids is 5. The van der Waals surface area contributed by atoms with Crippen LogP contribution >= 0.6 is 11.6 Å². The van der Waals surface area contributed by atoms with Crippen molar-refractivity contribution in [2.45, 2.75) is 95.2 Å². The summed E-state index contributed by atoms with van der Waals surface area (Å²) in [6.07, 6.45) is -2.83. The van der Waals surface area contributed by atoms with Gasteiger partial charge in [-0.3, -0.25) is 34.3 Å². The van der Waals surface area contributed by atoms with E-state index in [4.69, 9.17) is 22.1 Å². The van der Waals surface area contributed by atoms with Crippen LogP contribution in [0.15, 0.2) is 66.9 Å². The van der Waals surface area contributed by atoms with E-state index >= 15 is 4.39 Å².